The second kappa shape index (κ2) is 4.94. The van der Waals surface area contributed by atoms with Crippen LogP contribution in [0, 0.1) is 0 Å². The van der Waals surface area contributed by atoms with Crippen molar-refractivity contribution in [2.75, 3.05) is 0 Å². The van der Waals surface area contributed by atoms with Crippen molar-refractivity contribution in [3.05, 3.63) is 70.2 Å². The third kappa shape index (κ3) is 1.91. The monoisotopic (exact) mass is 402 g/mol. The number of halogens is 2. The standard InChI is InChI=1S/C18H12Br2O/c19-15-9-14-10-5-1-4-8-13(10)17(20)18(21)16(14)12-7-3-2-6-11(12)15/h1-9,17-18,21H. The number of rotatable bonds is 0. The Hall–Kier alpha value is -1.16. The second-order valence-corrected chi connectivity index (χ2v) is 7.14. The molecule has 3 aromatic rings. The Labute approximate surface area is 139 Å². The van der Waals surface area contributed by atoms with Crippen molar-refractivity contribution in [3.8, 4) is 11.1 Å². The van der Waals surface area contributed by atoms with Crippen molar-refractivity contribution in [3.63, 3.8) is 0 Å². The van der Waals surface area contributed by atoms with Crippen LogP contribution < -0.4 is 0 Å². The fourth-order valence-corrected chi connectivity index (χ4v) is 4.43. The summed E-state index contributed by atoms with van der Waals surface area (Å²) in [5, 5.41) is 13.0. The van der Waals surface area contributed by atoms with Crippen molar-refractivity contribution >= 4 is 42.6 Å². The molecule has 1 aliphatic carbocycles. The molecule has 2 atom stereocenters. The van der Waals surface area contributed by atoms with Crippen LogP contribution in [0.25, 0.3) is 21.9 Å². The minimum Gasteiger partial charge on any atom is -0.387 e. The van der Waals surface area contributed by atoms with E-state index in [0.717, 1.165) is 31.9 Å². The zero-order chi connectivity index (χ0) is 14.6. The highest BCUT2D eigenvalue weighted by Gasteiger charge is 2.32. The molecule has 1 aliphatic rings. The van der Waals surface area contributed by atoms with Crippen LogP contribution in [0.1, 0.15) is 22.1 Å². The quantitative estimate of drug-likeness (QED) is 0.473. The lowest BCUT2D eigenvalue weighted by Crippen LogP contribution is -2.14. The van der Waals surface area contributed by atoms with Crippen molar-refractivity contribution in [2.24, 2.45) is 0 Å². The lowest BCUT2D eigenvalue weighted by atomic mass is 9.81. The molecule has 2 unspecified atom stereocenters. The molecule has 0 radical (unpaired) electrons. The molecule has 0 aromatic heterocycles. The Morgan fingerprint density at radius 3 is 2.33 bits per heavy atom. The van der Waals surface area contributed by atoms with Gasteiger partial charge < -0.3 is 5.11 Å². The van der Waals surface area contributed by atoms with Gasteiger partial charge in [-0.2, -0.15) is 0 Å². The van der Waals surface area contributed by atoms with Crippen LogP contribution in [0.15, 0.2) is 59.1 Å². The summed E-state index contributed by atoms with van der Waals surface area (Å²) in [6.07, 6.45) is -0.548. The van der Waals surface area contributed by atoms with Gasteiger partial charge in [-0.15, -0.1) is 0 Å². The fourth-order valence-electron chi connectivity index (χ4n) is 3.19. The first-order valence-corrected chi connectivity index (χ1v) is 8.52. The number of aliphatic hydroxyl groups is 1. The lowest BCUT2D eigenvalue weighted by molar-refractivity contribution is 0.177. The number of aliphatic hydroxyl groups excluding tert-OH is 1. The van der Waals surface area contributed by atoms with E-state index >= 15 is 0 Å². The number of hydrogen-bond acceptors (Lipinski definition) is 1. The lowest BCUT2D eigenvalue weighted by Gasteiger charge is -2.30. The largest absolute Gasteiger partial charge is 0.387 e. The van der Waals surface area contributed by atoms with Crippen LogP contribution in [0.2, 0.25) is 0 Å². The second-order valence-electron chi connectivity index (χ2n) is 5.30. The molecule has 0 bridgehead atoms. The minimum absolute atomic E-state index is 0.0780. The highest BCUT2D eigenvalue weighted by atomic mass is 79.9. The first-order valence-electron chi connectivity index (χ1n) is 6.81. The van der Waals surface area contributed by atoms with E-state index in [4.69, 9.17) is 0 Å². The third-order valence-corrected chi connectivity index (χ3v) is 5.81. The first-order chi connectivity index (χ1) is 10.2. The average molecular weight is 404 g/mol. The van der Waals surface area contributed by atoms with Gasteiger partial charge in [0.2, 0.25) is 0 Å². The summed E-state index contributed by atoms with van der Waals surface area (Å²) in [7, 11) is 0. The van der Waals surface area contributed by atoms with Gasteiger partial charge in [0.05, 0.1) is 10.9 Å². The maximum Gasteiger partial charge on any atom is 0.0968 e. The van der Waals surface area contributed by atoms with E-state index in [2.05, 4.69) is 62.2 Å². The molecule has 0 spiro atoms. The summed E-state index contributed by atoms with van der Waals surface area (Å²) >= 11 is 7.33. The van der Waals surface area contributed by atoms with E-state index in [-0.39, 0.29) is 4.83 Å². The third-order valence-electron chi connectivity index (χ3n) is 4.16. The summed E-state index contributed by atoms with van der Waals surface area (Å²) in [4.78, 5) is -0.0780. The summed E-state index contributed by atoms with van der Waals surface area (Å²) < 4.78 is 1.06. The van der Waals surface area contributed by atoms with Gasteiger partial charge in [-0.25, -0.2) is 0 Å². The predicted molar refractivity (Wildman–Crippen MR) is 93.7 cm³/mol. The molecular weight excluding hydrogens is 392 g/mol. The molecular formula is C18H12Br2O. The molecule has 4 rings (SSSR count). The molecule has 3 heteroatoms. The van der Waals surface area contributed by atoms with Crippen LogP contribution in [-0.2, 0) is 0 Å². The Bertz CT molecular complexity index is 857. The van der Waals surface area contributed by atoms with E-state index in [1.165, 1.54) is 5.56 Å². The zero-order valence-electron chi connectivity index (χ0n) is 11.1. The van der Waals surface area contributed by atoms with Gasteiger partial charge >= 0.3 is 0 Å². The fraction of sp³-hybridized carbons (Fsp3) is 0.111. The van der Waals surface area contributed by atoms with Gasteiger partial charge in [0.25, 0.3) is 0 Å². The van der Waals surface area contributed by atoms with Gasteiger partial charge in [0, 0.05) is 4.47 Å². The smallest absolute Gasteiger partial charge is 0.0968 e. The first kappa shape index (κ1) is 13.5. The Kier molecular flexibility index (Phi) is 3.18. The maximum atomic E-state index is 10.8. The number of fused-ring (bicyclic) bond motifs is 5. The van der Waals surface area contributed by atoms with Crippen LogP contribution in [0.4, 0.5) is 0 Å². The van der Waals surface area contributed by atoms with Gasteiger partial charge in [0.1, 0.15) is 0 Å². The normalized spacial score (nSPS) is 20.1. The molecule has 0 amide bonds. The summed E-state index contributed by atoms with van der Waals surface area (Å²) in [6.45, 7) is 0. The predicted octanol–water partition coefficient (Wildman–Crippen LogP) is 5.75. The number of benzene rings is 3. The van der Waals surface area contributed by atoms with Crippen LogP contribution in [0.3, 0.4) is 0 Å². The molecule has 21 heavy (non-hydrogen) atoms. The Morgan fingerprint density at radius 2 is 1.52 bits per heavy atom. The molecule has 0 saturated carbocycles. The molecule has 0 fully saturated rings. The highest BCUT2D eigenvalue weighted by molar-refractivity contribution is 9.10. The summed E-state index contributed by atoms with van der Waals surface area (Å²) in [6, 6.07) is 18.6. The molecule has 0 aliphatic heterocycles. The van der Waals surface area contributed by atoms with Crippen molar-refractivity contribution < 1.29 is 5.11 Å². The van der Waals surface area contributed by atoms with Gasteiger partial charge in [-0.3, -0.25) is 0 Å². The van der Waals surface area contributed by atoms with Crippen LogP contribution >= 0.6 is 31.9 Å². The van der Waals surface area contributed by atoms with E-state index < -0.39 is 6.10 Å². The maximum absolute atomic E-state index is 10.8. The molecule has 0 saturated heterocycles. The van der Waals surface area contributed by atoms with Gasteiger partial charge in [-0.1, -0.05) is 80.4 Å². The van der Waals surface area contributed by atoms with E-state index in [1.807, 2.05) is 24.3 Å². The van der Waals surface area contributed by atoms with E-state index in [0.29, 0.717) is 0 Å². The zero-order valence-corrected chi connectivity index (χ0v) is 14.2. The summed E-state index contributed by atoms with van der Waals surface area (Å²) in [5.74, 6) is 0. The Morgan fingerprint density at radius 1 is 0.857 bits per heavy atom. The summed E-state index contributed by atoms with van der Waals surface area (Å²) in [5.41, 5.74) is 4.44. The van der Waals surface area contributed by atoms with Crippen molar-refractivity contribution in [1.82, 2.24) is 0 Å². The van der Waals surface area contributed by atoms with Crippen LogP contribution in [-0.4, -0.2) is 5.11 Å². The van der Waals surface area contributed by atoms with Crippen LogP contribution in [0.5, 0.6) is 0 Å². The van der Waals surface area contributed by atoms with Gasteiger partial charge in [0.15, 0.2) is 0 Å². The van der Waals surface area contributed by atoms with E-state index in [9.17, 15) is 5.11 Å². The van der Waals surface area contributed by atoms with Crippen molar-refractivity contribution in [2.45, 2.75) is 10.9 Å². The highest BCUT2D eigenvalue weighted by Crippen LogP contribution is 2.51. The topological polar surface area (TPSA) is 20.2 Å². The molecule has 1 nitrogen and oxygen atoms in total. The van der Waals surface area contributed by atoms with Crippen molar-refractivity contribution in [1.29, 1.82) is 0 Å². The molecule has 1 N–H and O–H groups in total. The molecule has 104 valence electrons. The molecule has 0 heterocycles. The minimum atomic E-state index is -0.548. The number of hydrogen-bond donors (Lipinski definition) is 1. The Balaban J connectivity index is 2.17. The number of alkyl halides is 1. The van der Waals surface area contributed by atoms with E-state index in [1.54, 1.807) is 0 Å². The van der Waals surface area contributed by atoms with Gasteiger partial charge in [-0.05, 0) is 39.1 Å². The molecule has 3 aromatic carbocycles. The average Bonchev–Trinajstić information content (AvgIpc) is 2.53. The SMILES string of the molecule is OC1c2c(cc(Br)c3ccccc23)-c2ccccc2C1Br.